The highest BCUT2D eigenvalue weighted by molar-refractivity contribution is 5.85. The van der Waals surface area contributed by atoms with Crippen LogP contribution in [-0.2, 0) is 11.2 Å². The number of carbonyl (C=O) groups excluding carboxylic acids is 1. The van der Waals surface area contributed by atoms with Crippen LogP contribution < -0.4 is 5.32 Å². The molecule has 7 heteroatoms. The smallest absolute Gasteiger partial charge is 0.243 e. The fourth-order valence-electron chi connectivity index (χ4n) is 2.12. The molecule has 1 aliphatic heterocycles. The van der Waals surface area contributed by atoms with E-state index in [1.807, 2.05) is 12.2 Å². The molecule has 0 bridgehead atoms. The molecule has 2 aliphatic rings. The van der Waals surface area contributed by atoms with Crippen LogP contribution in [-0.4, -0.2) is 47.1 Å². The van der Waals surface area contributed by atoms with Gasteiger partial charge in [-0.2, -0.15) is 4.98 Å². The van der Waals surface area contributed by atoms with Gasteiger partial charge in [0.1, 0.15) is 6.04 Å². The van der Waals surface area contributed by atoms with Gasteiger partial charge in [0.05, 0.1) is 0 Å². The molecule has 2 heterocycles. The minimum atomic E-state index is -0.183. The lowest BCUT2D eigenvalue weighted by atomic mass is 10.2. The van der Waals surface area contributed by atoms with E-state index < -0.39 is 0 Å². The van der Waals surface area contributed by atoms with Crippen molar-refractivity contribution in [1.82, 2.24) is 20.4 Å². The van der Waals surface area contributed by atoms with Crippen LogP contribution >= 0.6 is 12.4 Å². The normalized spacial score (nSPS) is 20.8. The van der Waals surface area contributed by atoms with Crippen molar-refractivity contribution in [3.63, 3.8) is 0 Å². The Morgan fingerprint density at radius 3 is 3.00 bits per heavy atom. The van der Waals surface area contributed by atoms with E-state index in [2.05, 4.69) is 15.5 Å². The standard InChI is InChI=1S/C13H18N4O2.ClH/c1-17(13(18)10-3-2-7-14-10)8-6-11-15-12(19-16-11)9-4-5-9;/h2-3,9-10,14H,4-8H2,1H3;1H. The van der Waals surface area contributed by atoms with Gasteiger partial charge in [-0.1, -0.05) is 17.3 Å². The number of nitrogens with zero attached hydrogens (tertiary/aromatic N) is 3. The Morgan fingerprint density at radius 1 is 1.55 bits per heavy atom. The Kier molecular flexibility index (Phi) is 4.77. The average Bonchev–Trinajstić information content (AvgIpc) is 2.96. The molecule has 1 fully saturated rings. The van der Waals surface area contributed by atoms with Gasteiger partial charge in [-0.05, 0) is 12.8 Å². The Labute approximate surface area is 124 Å². The van der Waals surface area contributed by atoms with Gasteiger partial charge in [0, 0.05) is 32.5 Å². The minimum Gasteiger partial charge on any atom is -0.344 e. The molecule has 3 rings (SSSR count). The zero-order chi connectivity index (χ0) is 13.2. The Bertz CT molecular complexity index is 498. The van der Waals surface area contributed by atoms with Crippen molar-refractivity contribution in [3.8, 4) is 0 Å². The monoisotopic (exact) mass is 298 g/mol. The predicted octanol–water partition coefficient (Wildman–Crippen LogP) is 0.898. The van der Waals surface area contributed by atoms with Crippen LogP contribution in [0.15, 0.2) is 16.7 Å². The highest BCUT2D eigenvalue weighted by Gasteiger charge is 2.29. The molecule has 1 atom stereocenters. The van der Waals surface area contributed by atoms with Crippen molar-refractivity contribution < 1.29 is 9.32 Å². The number of aromatic nitrogens is 2. The minimum absolute atomic E-state index is 0. The Balaban J connectivity index is 0.00000147. The molecule has 1 unspecified atom stereocenters. The molecule has 0 aromatic carbocycles. The van der Waals surface area contributed by atoms with E-state index >= 15 is 0 Å². The largest absolute Gasteiger partial charge is 0.344 e. The van der Waals surface area contributed by atoms with E-state index in [1.54, 1.807) is 11.9 Å². The topological polar surface area (TPSA) is 71.3 Å². The number of amides is 1. The van der Waals surface area contributed by atoms with Gasteiger partial charge in [0.25, 0.3) is 0 Å². The maximum absolute atomic E-state index is 12.0. The third-order valence-corrected chi connectivity index (χ3v) is 3.51. The molecule has 1 N–H and O–H groups in total. The number of likely N-dealkylation sites (N-methyl/N-ethyl adjacent to an activating group) is 1. The third kappa shape index (κ3) is 3.37. The zero-order valence-electron chi connectivity index (χ0n) is 11.4. The van der Waals surface area contributed by atoms with Gasteiger partial charge in [0.2, 0.25) is 11.8 Å². The second-order valence-electron chi connectivity index (χ2n) is 5.15. The molecule has 1 aromatic heterocycles. The molecular formula is C13H19ClN4O2. The number of nitrogens with one attached hydrogen (secondary N) is 1. The van der Waals surface area contributed by atoms with Gasteiger partial charge in [-0.25, -0.2) is 0 Å². The first-order valence-electron chi connectivity index (χ1n) is 6.71. The van der Waals surface area contributed by atoms with E-state index in [0.29, 0.717) is 24.7 Å². The zero-order valence-corrected chi connectivity index (χ0v) is 12.2. The van der Waals surface area contributed by atoms with E-state index in [9.17, 15) is 4.79 Å². The number of carbonyl (C=O) groups is 1. The van der Waals surface area contributed by atoms with Crippen molar-refractivity contribution in [2.24, 2.45) is 0 Å². The molecule has 1 aliphatic carbocycles. The van der Waals surface area contributed by atoms with Crippen LogP contribution in [0.1, 0.15) is 30.5 Å². The van der Waals surface area contributed by atoms with Gasteiger partial charge >= 0.3 is 0 Å². The molecule has 1 aromatic rings. The van der Waals surface area contributed by atoms with Gasteiger partial charge in [0.15, 0.2) is 5.82 Å². The number of hydrogen-bond donors (Lipinski definition) is 1. The van der Waals surface area contributed by atoms with Crippen LogP contribution in [0.3, 0.4) is 0 Å². The maximum Gasteiger partial charge on any atom is 0.243 e. The molecule has 1 amide bonds. The summed E-state index contributed by atoms with van der Waals surface area (Å²) in [6.45, 7) is 1.37. The van der Waals surface area contributed by atoms with Crippen LogP contribution in [0.4, 0.5) is 0 Å². The first-order valence-corrected chi connectivity index (χ1v) is 6.71. The molecule has 110 valence electrons. The molecular weight excluding hydrogens is 280 g/mol. The van der Waals surface area contributed by atoms with Gasteiger partial charge in [-0.3, -0.25) is 10.1 Å². The SMILES string of the molecule is CN(CCc1noc(C2CC2)n1)C(=O)C1C=CCN1.Cl. The summed E-state index contributed by atoms with van der Waals surface area (Å²) < 4.78 is 5.19. The molecule has 0 spiro atoms. The fraction of sp³-hybridized carbons (Fsp3) is 0.615. The highest BCUT2D eigenvalue weighted by atomic mass is 35.5. The summed E-state index contributed by atoms with van der Waals surface area (Å²) in [7, 11) is 1.80. The van der Waals surface area contributed by atoms with Crippen molar-refractivity contribution in [2.45, 2.75) is 31.2 Å². The van der Waals surface area contributed by atoms with Crippen molar-refractivity contribution in [2.75, 3.05) is 20.1 Å². The van der Waals surface area contributed by atoms with Gasteiger partial charge < -0.3 is 9.42 Å². The summed E-state index contributed by atoms with van der Waals surface area (Å²) in [6, 6.07) is -0.183. The highest BCUT2D eigenvalue weighted by Crippen LogP contribution is 2.38. The lowest BCUT2D eigenvalue weighted by Crippen LogP contribution is -2.42. The Hall–Kier alpha value is -1.40. The first kappa shape index (κ1) is 15.0. The predicted molar refractivity (Wildman–Crippen MR) is 75.8 cm³/mol. The second kappa shape index (κ2) is 6.37. The summed E-state index contributed by atoms with van der Waals surface area (Å²) in [5.74, 6) is 2.01. The second-order valence-corrected chi connectivity index (χ2v) is 5.15. The van der Waals surface area contributed by atoms with Crippen LogP contribution in [0.2, 0.25) is 0 Å². The lowest BCUT2D eigenvalue weighted by Gasteiger charge is -2.19. The fourth-order valence-corrected chi connectivity index (χ4v) is 2.12. The number of halogens is 1. The quantitative estimate of drug-likeness (QED) is 0.818. The van der Waals surface area contributed by atoms with E-state index in [1.165, 1.54) is 0 Å². The van der Waals surface area contributed by atoms with Crippen molar-refractivity contribution >= 4 is 18.3 Å². The van der Waals surface area contributed by atoms with E-state index in [-0.39, 0.29) is 24.4 Å². The molecule has 0 saturated heterocycles. The molecule has 0 radical (unpaired) electrons. The summed E-state index contributed by atoms with van der Waals surface area (Å²) in [6.07, 6.45) is 6.81. The van der Waals surface area contributed by atoms with E-state index in [0.717, 1.165) is 25.3 Å². The summed E-state index contributed by atoms with van der Waals surface area (Å²) in [5.41, 5.74) is 0. The average molecular weight is 299 g/mol. The molecule has 6 nitrogen and oxygen atoms in total. The summed E-state index contributed by atoms with van der Waals surface area (Å²) in [4.78, 5) is 18.1. The lowest BCUT2D eigenvalue weighted by molar-refractivity contribution is -0.130. The van der Waals surface area contributed by atoms with Crippen LogP contribution in [0.5, 0.6) is 0 Å². The number of rotatable bonds is 5. The Morgan fingerprint density at radius 2 is 2.35 bits per heavy atom. The molecule has 1 saturated carbocycles. The summed E-state index contributed by atoms with van der Waals surface area (Å²) >= 11 is 0. The van der Waals surface area contributed by atoms with Crippen LogP contribution in [0, 0.1) is 0 Å². The summed E-state index contributed by atoms with van der Waals surface area (Å²) in [5, 5.41) is 7.06. The maximum atomic E-state index is 12.0. The van der Waals surface area contributed by atoms with Crippen molar-refractivity contribution in [3.05, 3.63) is 23.9 Å². The third-order valence-electron chi connectivity index (χ3n) is 3.51. The van der Waals surface area contributed by atoms with Crippen molar-refractivity contribution in [1.29, 1.82) is 0 Å². The van der Waals surface area contributed by atoms with E-state index in [4.69, 9.17) is 4.52 Å². The van der Waals surface area contributed by atoms with Gasteiger partial charge in [-0.15, -0.1) is 12.4 Å². The first-order chi connectivity index (χ1) is 9.24. The number of hydrogen-bond acceptors (Lipinski definition) is 5. The van der Waals surface area contributed by atoms with Crippen LogP contribution in [0.25, 0.3) is 0 Å². The molecule has 20 heavy (non-hydrogen) atoms.